The molecule has 0 spiro atoms. The summed E-state index contributed by atoms with van der Waals surface area (Å²) in [5.41, 5.74) is 5.86. The zero-order valence-electron chi connectivity index (χ0n) is 17.0. The predicted molar refractivity (Wildman–Crippen MR) is 116 cm³/mol. The zero-order chi connectivity index (χ0) is 21.6. The molecular weight excluding hydrogens is 398 g/mol. The molecule has 6 nitrogen and oxygen atoms in total. The lowest BCUT2D eigenvalue weighted by atomic mass is 10.1. The molecular formula is C23H18ClN5O. The van der Waals surface area contributed by atoms with Crippen molar-refractivity contribution in [1.82, 2.24) is 14.5 Å². The number of aromatic amines is 1. The molecule has 4 rings (SSSR count). The van der Waals surface area contributed by atoms with Gasteiger partial charge in [-0.1, -0.05) is 11.6 Å². The van der Waals surface area contributed by atoms with Crippen LogP contribution in [0.15, 0.2) is 28.7 Å². The molecule has 0 aliphatic carbocycles. The maximum absolute atomic E-state index is 9.75. The average Bonchev–Trinajstić information content (AvgIpc) is 3.33. The largest absolute Gasteiger partial charge is 0.443 e. The SMILES string of the molecule is Cc1oc(-n2c(C)cc(C=C(C#N)c3nc4ccc(Cl)cc4[nH]3)c2C)c(C#N)c1C. The lowest BCUT2D eigenvalue weighted by molar-refractivity contribution is 0.503. The number of aromatic nitrogens is 3. The van der Waals surface area contributed by atoms with Crippen LogP contribution in [0.25, 0.3) is 28.6 Å². The van der Waals surface area contributed by atoms with Crippen molar-refractivity contribution in [2.24, 2.45) is 0 Å². The van der Waals surface area contributed by atoms with Gasteiger partial charge in [0.1, 0.15) is 29.3 Å². The summed E-state index contributed by atoms with van der Waals surface area (Å²) in [4.78, 5) is 7.66. The first-order valence-corrected chi connectivity index (χ1v) is 9.68. The van der Waals surface area contributed by atoms with Gasteiger partial charge in [0.05, 0.1) is 16.6 Å². The van der Waals surface area contributed by atoms with E-state index >= 15 is 0 Å². The number of nitrogens with one attached hydrogen (secondary N) is 1. The van der Waals surface area contributed by atoms with E-state index < -0.39 is 0 Å². The van der Waals surface area contributed by atoms with E-state index in [4.69, 9.17) is 16.0 Å². The highest BCUT2D eigenvalue weighted by molar-refractivity contribution is 6.31. The normalized spacial score (nSPS) is 11.6. The first-order valence-electron chi connectivity index (χ1n) is 9.31. The summed E-state index contributed by atoms with van der Waals surface area (Å²) in [6.45, 7) is 7.59. The molecule has 0 aliphatic rings. The van der Waals surface area contributed by atoms with Crippen LogP contribution in [-0.4, -0.2) is 14.5 Å². The second-order valence-electron chi connectivity index (χ2n) is 7.15. The molecule has 0 fully saturated rings. The first kappa shape index (κ1) is 19.6. The van der Waals surface area contributed by atoms with E-state index in [2.05, 4.69) is 22.1 Å². The lowest BCUT2D eigenvalue weighted by Gasteiger charge is -2.06. The fraction of sp³-hybridized carbons (Fsp3) is 0.174. The van der Waals surface area contributed by atoms with Crippen LogP contribution >= 0.6 is 11.6 Å². The topological polar surface area (TPSA) is 94.3 Å². The van der Waals surface area contributed by atoms with Gasteiger partial charge in [-0.25, -0.2) is 4.98 Å². The zero-order valence-corrected chi connectivity index (χ0v) is 17.7. The molecule has 0 saturated heterocycles. The molecule has 1 N–H and O–H groups in total. The molecule has 0 bridgehead atoms. The Hall–Kier alpha value is -3.74. The third-order valence-electron chi connectivity index (χ3n) is 5.27. The number of nitrogens with zero attached hydrogens (tertiary/aromatic N) is 4. The summed E-state index contributed by atoms with van der Waals surface area (Å²) in [5.74, 6) is 1.69. The quantitative estimate of drug-likeness (QED) is 0.429. The molecule has 1 aromatic carbocycles. The molecule has 0 unspecified atom stereocenters. The Kier molecular flexibility index (Phi) is 4.73. The van der Waals surface area contributed by atoms with Gasteiger partial charge >= 0.3 is 0 Å². The van der Waals surface area contributed by atoms with Gasteiger partial charge in [-0.05, 0) is 63.6 Å². The van der Waals surface area contributed by atoms with Crippen molar-refractivity contribution in [3.05, 3.63) is 69.0 Å². The number of rotatable bonds is 3. The summed E-state index contributed by atoms with van der Waals surface area (Å²) in [6, 6.07) is 11.8. The van der Waals surface area contributed by atoms with Crippen LogP contribution in [0, 0.1) is 50.4 Å². The van der Waals surface area contributed by atoms with E-state index in [0.717, 1.165) is 33.5 Å². The number of furan rings is 1. The molecule has 0 saturated carbocycles. The molecule has 30 heavy (non-hydrogen) atoms. The van der Waals surface area contributed by atoms with E-state index in [9.17, 15) is 10.5 Å². The van der Waals surface area contributed by atoms with E-state index in [0.29, 0.717) is 33.6 Å². The molecule has 0 radical (unpaired) electrons. The number of aryl methyl sites for hydroxylation is 2. The number of imidazole rings is 1. The standard InChI is InChI=1S/C23H18ClN5O/c1-12-7-16(14(3)29(12)23-19(11-26)13(2)15(4)30-23)8-17(10-25)22-27-20-6-5-18(24)9-21(20)28-22/h5-9H,1-4H3,(H,27,28). The minimum absolute atomic E-state index is 0.398. The van der Waals surface area contributed by atoms with Crippen molar-refractivity contribution in [2.45, 2.75) is 27.7 Å². The molecule has 3 heterocycles. The van der Waals surface area contributed by atoms with Crippen molar-refractivity contribution in [1.29, 1.82) is 10.5 Å². The Bertz CT molecular complexity index is 1420. The Morgan fingerprint density at radius 3 is 2.67 bits per heavy atom. The van der Waals surface area contributed by atoms with Crippen LogP contribution in [0.4, 0.5) is 0 Å². The summed E-state index contributed by atoms with van der Waals surface area (Å²) in [5, 5.41) is 19.9. The summed E-state index contributed by atoms with van der Waals surface area (Å²) >= 11 is 6.05. The van der Waals surface area contributed by atoms with Gasteiger partial charge in [-0.3, -0.25) is 4.57 Å². The van der Waals surface area contributed by atoms with E-state index in [1.165, 1.54) is 0 Å². The van der Waals surface area contributed by atoms with E-state index in [-0.39, 0.29) is 0 Å². The smallest absolute Gasteiger partial charge is 0.222 e. The van der Waals surface area contributed by atoms with Crippen molar-refractivity contribution < 1.29 is 4.42 Å². The lowest BCUT2D eigenvalue weighted by Crippen LogP contribution is -2.00. The highest BCUT2D eigenvalue weighted by atomic mass is 35.5. The monoisotopic (exact) mass is 415 g/mol. The second kappa shape index (κ2) is 7.26. The van der Waals surface area contributed by atoms with Crippen LogP contribution in [0.5, 0.6) is 0 Å². The average molecular weight is 416 g/mol. The van der Waals surface area contributed by atoms with E-state index in [1.54, 1.807) is 18.2 Å². The number of H-pyrrole nitrogens is 1. The van der Waals surface area contributed by atoms with Gasteiger partial charge in [-0.15, -0.1) is 0 Å². The predicted octanol–water partition coefficient (Wildman–Crippen LogP) is 5.77. The Morgan fingerprint density at radius 2 is 1.97 bits per heavy atom. The molecule has 0 aliphatic heterocycles. The number of benzene rings is 1. The summed E-state index contributed by atoms with van der Waals surface area (Å²) in [6.07, 6.45) is 1.78. The van der Waals surface area contributed by atoms with Gasteiger partial charge < -0.3 is 9.40 Å². The Labute approximate surface area is 178 Å². The number of hydrogen-bond donors (Lipinski definition) is 1. The van der Waals surface area contributed by atoms with Crippen LogP contribution in [0.2, 0.25) is 5.02 Å². The number of hydrogen-bond acceptors (Lipinski definition) is 4. The second-order valence-corrected chi connectivity index (χ2v) is 7.59. The van der Waals surface area contributed by atoms with Crippen LogP contribution in [0.3, 0.4) is 0 Å². The van der Waals surface area contributed by atoms with Gasteiger partial charge in [0.25, 0.3) is 0 Å². The Balaban J connectivity index is 1.84. The van der Waals surface area contributed by atoms with Crippen LogP contribution in [-0.2, 0) is 0 Å². The third kappa shape index (κ3) is 3.08. The first-order chi connectivity index (χ1) is 14.3. The van der Waals surface area contributed by atoms with Crippen LogP contribution < -0.4 is 0 Å². The highest BCUT2D eigenvalue weighted by Gasteiger charge is 2.20. The minimum atomic E-state index is 0.398. The Morgan fingerprint density at radius 1 is 1.20 bits per heavy atom. The molecule has 0 amide bonds. The highest BCUT2D eigenvalue weighted by Crippen LogP contribution is 2.30. The van der Waals surface area contributed by atoms with Crippen molar-refractivity contribution in [3.8, 4) is 18.0 Å². The fourth-order valence-corrected chi connectivity index (χ4v) is 3.73. The third-order valence-corrected chi connectivity index (χ3v) is 5.51. The maximum atomic E-state index is 9.75. The molecule has 3 aromatic heterocycles. The van der Waals surface area contributed by atoms with Crippen molar-refractivity contribution >= 4 is 34.3 Å². The molecule has 148 valence electrons. The number of halogens is 1. The van der Waals surface area contributed by atoms with Gasteiger partial charge in [0, 0.05) is 22.0 Å². The van der Waals surface area contributed by atoms with Gasteiger partial charge in [0.2, 0.25) is 5.88 Å². The molecule has 0 atom stereocenters. The van der Waals surface area contributed by atoms with E-state index in [1.807, 2.05) is 44.4 Å². The van der Waals surface area contributed by atoms with Crippen molar-refractivity contribution in [2.75, 3.05) is 0 Å². The fourth-order valence-electron chi connectivity index (χ4n) is 3.56. The minimum Gasteiger partial charge on any atom is -0.443 e. The van der Waals surface area contributed by atoms with Gasteiger partial charge in [-0.2, -0.15) is 10.5 Å². The summed E-state index contributed by atoms with van der Waals surface area (Å²) < 4.78 is 7.79. The van der Waals surface area contributed by atoms with Gasteiger partial charge in [0.15, 0.2) is 0 Å². The maximum Gasteiger partial charge on any atom is 0.222 e. The molecule has 4 aromatic rings. The summed E-state index contributed by atoms with van der Waals surface area (Å²) in [7, 11) is 0. The number of nitriles is 2. The number of fused-ring (bicyclic) bond motifs is 1. The van der Waals surface area contributed by atoms with Crippen molar-refractivity contribution in [3.63, 3.8) is 0 Å². The molecule has 7 heteroatoms. The number of allylic oxidation sites excluding steroid dienone is 1. The van der Waals surface area contributed by atoms with Crippen LogP contribution in [0.1, 0.15) is 39.7 Å².